The van der Waals surface area contributed by atoms with Crippen LogP contribution in [0.1, 0.15) is 50.8 Å². The summed E-state index contributed by atoms with van der Waals surface area (Å²) in [6.07, 6.45) is 6.31. The standard InChI is InChI=1S/C13H20ClN5/c1-4-5-15-11(13-16-6-7-17-13)12-10(14)8-18-19(12)9(2)3/h6-9,11,15H,4-5H2,1-3H3,(H,16,17). The highest BCUT2D eigenvalue weighted by atomic mass is 35.5. The summed E-state index contributed by atoms with van der Waals surface area (Å²) in [7, 11) is 0. The van der Waals surface area contributed by atoms with Crippen molar-refractivity contribution in [2.45, 2.75) is 39.3 Å². The van der Waals surface area contributed by atoms with Gasteiger partial charge in [-0.2, -0.15) is 5.10 Å². The van der Waals surface area contributed by atoms with Gasteiger partial charge in [-0.05, 0) is 26.8 Å². The van der Waals surface area contributed by atoms with Gasteiger partial charge < -0.3 is 10.3 Å². The Kier molecular flexibility index (Phi) is 4.61. The van der Waals surface area contributed by atoms with E-state index >= 15 is 0 Å². The fraction of sp³-hybridized carbons (Fsp3) is 0.538. The second-order valence-electron chi connectivity index (χ2n) is 4.78. The van der Waals surface area contributed by atoms with E-state index in [1.165, 1.54) is 0 Å². The molecule has 2 aromatic rings. The number of nitrogens with one attached hydrogen (secondary N) is 2. The van der Waals surface area contributed by atoms with Crippen LogP contribution in [0.15, 0.2) is 18.6 Å². The summed E-state index contributed by atoms with van der Waals surface area (Å²) in [4.78, 5) is 7.50. The lowest BCUT2D eigenvalue weighted by Gasteiger charge is -2.20. The highest BCUT2D eigenvalue weighted by Crippen LogP contribution is 2.28. The first-order valence-electron chi connectivity index (χ1n) is 6.60. The Morgan fingerprint density at radius 3 is 2.84 bits per heavy atom. The number of nitrogens with zero attached hydrogens (tertiary/aromatic N) is 3. The lowest BCUT2D eigenvalue weighted by Crippen LogP contribution is -2.27. The molecule has 0 amide bonds. The second-order valence-corrected chi connectivity index (χ2v) is 5.18. The molecule has 6 heteroatoms. The van der Waals surface area contributed by atoms with Crippen LogP contribution in [-0.2, 0) is 0 Å². The molecule has 1 atom stereocenters. The van der Waals surface area contributed by atoms with Gasteiger partial charge in [-0.1, -0.05) is 18.5 Å². The maximum absolute atomic E-state index is 6.31. The van der Waals surface area contributed by atoms with Crippen molar-refractivity contribution in [3.8, 4) is 0 Å². The molecule has 2 rings (SSSR count). The number of rotatable bonds is 6. The summed E-state index contributed by atoms with van der Waals surface area (Å²) in [6.45, 7) is 7.20. The first kappa shape index (κ1) is 14.1. The smallest absolute Gasteiger partial charge is 0.129 e. The van der Waals surface area contributed by atoms with Gasteiger partial charge in [-0.25, -0.2) is 4.98 Å². The molecule has 0 radical (unpaired) electrons. The predicted molar refractivity (Wildman–Crippen MR) is 76.3 cm³/mol. The fourth-order valence-electron chi connectivity index (χ4n) is 2.08. The molecule has 19 heavy (non-hydrogen) atoms. The number of hydrogen-bond donors (Lipinski definition) is 2. The number of halogens is 1. The number of aromatic nitrogens is 4. The minimum atomic E-state index is -0.0626. The van der Waals surface area contributed by atoms with Gasteiger partial charge in [0.05, 0.1) is 16.9 Å². The van der Waals surface area contributed by atoms with Crippen molar-refractivity contribution in [3.05, 3.63) is 35.1 Å². The Hall–Kier alpha value is -1.33. The summed E-state index contributed by atoms with van der Waals surface area (Å²) >= 11 is 6.31. The normalized spacial score (nSPS) is 13.1. The molecule has 0 bridgehead atoms. The average Bonchev–Trinajstić information content (AvgIpc) is 3.01. The number of H-pyrrole nitrogens is 1. The Bertz CT molecular complexity index is 503. The first-order chi connectivity index (χ1) is 9.15. The number of imidazole rings is 1. The van der Waals surface area contributed by atoms with Crippen LogP contribution in [0.5, 0.6) is 0 Å². The van der Waals surface area contributed by atoms with E-state index in [4.69, 9.17) is 11.6 Å². The van der Waals surface area contributed by atoms with Crippen molar-refractivity contribution < 1.29 is 0 Å². The monoisotopic (exact) mass is 281 g/mol. The maximum atomic E-state index is 6.31. The highest BCUT2D eigenvalue weighted by molar-refractivity contribution is 6.31. The summed E-state index contributed by atoms with van der Waals surface area (Å²) in [6, 6.07) is 0.190. The van der Waals surface area contributed by atoms with Crippen LogP contribution in [-0.4, -0.2) is 26.3 Å². The van der Waals surface area contributed by atoms with Crippen LogP contribution < -0.4 is 5.32 Å². The van der Waals surface area contributed by atoms with E-state index in [1.807, 2.05) is 10.9 Å². The summed E-state index contributed by atoms with van der Waals surface area (Å²) in [5.74, 6) is 0.859. The van der Waals surface area contributed by atoms with E-state index in [2.05, 4.69) is 41.2 Å². The van der Waals surface area contributed by atoms with Gasteiger partial charge in [0.1, 0.15) is 11.9 Å². The summed E-state index contributed by atoms with van der Waals surface area (Å²) in [5.41, 5.74) is 0.958. The van der Waals surface area contributed by atoms with Crippen LogP contribution >= 0.6 is 11.6 Å². The molecule has 0 spiro atoms. The van der Waals surface area contributed by atoms with Crippen molar-refractivity contribution in [2.24, 2.45) is 0 Å². The van der Waals surface area contributed by atoms with E-state index in [0.717, 1.165) is 24.5 Å². The summed E-state index contributed by atoms with van der Waals surface area (Å²) in [5, 5.41) is 8.49. The van der Waals surface area contributed by atoms with Crippen LogP contribution in [0, 0.1) is 0 Å². The van der Waals surface area contributed by atoms with E-state index in [-0.39, 0.29) is 12.1 Å². The van der Waals surface area contributed by atoms with Crippen molar-refractivity contribution >= 4 is 11.6 Å². The third-order valence-corrected chi connectivity index (χ3v) is 3.23. The number of aromatic amines is 1. The third kappa shape index (κ3) is 2.98. The molecule has 0 aliphatic heterocycles. The maximum Gasteiger partial charge on any atom is 0.129 e. The summed E-state index contributed by atoms with van der Waals surface area (Å²) < 4.78 is 1.94. The second kappa shape index (κ2) is 6.21. The molecule has 104 valence electrons. The van der Waals surface area contributed by atoms with Crippen molar-refractivity contribution in [3.63, 3.8) is 0 Å². The average molecular weight is 282 g/mol. The molecular weight excluding hydrogens is 262 g/mol. The topological polar surface area (TPSA) is 58.5 Å². The fourth-order valence-corrected chi connectivity index (χ4v) is 2.32. The van der Waals surface area contributed by atoms with Gasteiger partial charge >= 0.3 is 0 Å². The molecular formula is C13H20ClN5. The predicted octanol–water partition coefficient (Wildman–Crippen LogP) is 2.93. The van der Waals surface area contributed by atoms with Gasteiger partial charge in [-0.15, -0.1) is 0 Å². The Labute approximate surface area is 118 Å². The largest absolute Gasteiger partial charge is 0.347 e. The SMILES string of the molecule is CCCNC(c1ncc[nH]1)c1c(Cl)cnn1C(C)C. The van der Waals surface area contributed by atoms with Crippen LogP contribution in [0.2, 0.25) is 5.02 Å². The lowest BCUT2D eigenvalue weighted by atomic mass is 10.1. The zero-order valence-corrected chi connectivity index (χ0v) is 12.3. The minimum absolute atomic E-state index is 0.0626. The zero-order chi connectivity index (χ0) is 13.8. The zero-order valence-electron chi connectivity index (χ0n) is 11.5. The van der Waals surface area contributed by atoms with Crippen LogP contribution in [0.4, 0.5) is 0 Å². The van der Waals surface area contributed by atoms with Crippen LogP contribution in [0.3, 0.4) is 0 Å². The van der Waals surface area contributed by atoms with E-state index < -0.39 is 0 Å². The molecule has 0 fully saturated rings. The molecule has 2 N–H and O–H groups in total. The van der Waals surface area contributed by atoms with E-state index in [0.29, 0.717) is 5.02 Å². The Morgan fingerprint density at radius 1 is 1.47 bits per heavy atom. The molecule has 2 heterocycles. The van der Waals surface area contributed by atoms with Crippen molar-refractivity contribution in [1.82, 2.24) is 25.1 Å². The van der Waals surface area contributed by atoms with E-state index in [1.54, 1.807) is 12.4 Å². The van der Waals surface area contributed by atoms with Crippen LogP contribution in [0.25, 0.3) is 0 Å². The molecule has 0 saturated carbocycles. The molecule has 0 aliphatic carbocycles. The van der Waals surface area contributed by atoms with Crippen molar-refractivity contribution in [2.75, 3.05) is 6.54 Å². The molecule has 2 aromatic heterocycles. The van der Waals surface area contributed by atoms with Gasteiger partial charge in [0.2, 0.25) is 0 Å². The van der Waals surface area contributed by atoms with Gasteiger partial charge in [0, 0.05) is 18.4 Å². The number of hydrogen-bond acceptors (Lipinski definition) is 3. The van der Waals surface area contributed by atoms with Gasteiger partial charge in [0.25, 0.3) is 0 Å². The van der Waals surface area contributed by atoms with E-state index in [9.17, 15) is 0 Å². The Balaban J connectivity index is 2.40. The Morgan fingerprint density at radius 2 is 2.26 bits per heavy atom. The van der Waals surface area contributed by atoms with Gasteiger partial charge in [-0.3, -0.25) is 4.68 Å². The lowest BCUT2D eigenvalue weighted by molar-refractivity contribution is 0.464. The molecule has 0 aromatic carbocycles. The molecule has 1 unspecified atom stereocenters. The third-order valence-electron chi connectivity index (χ3n) is 2.94. The molecule has 5 nitrogen and oxygen atoms in total. The quantitative estimate of drug-likeness (QED) is 0.856. The first-order valence-corrected chi connectivity index (χ1v) is 6.98. The molecule has 0 aliphatic rings. The highest BCUT2D eigenvalue weighted by Gasteiger charge is 2.24. The molecule has 0 saturated heterocycles. The van der Waals surface area contributed by atoms with Crippen molar-refractivity contribution in [1.29, 1.82) is 0 Å². The van der Waals surface area contributed by atoms with Gasteiger partial charge in [0.15, 0.2) is 0 Å². The minimum Gasteiger partial charge on any atom is -0.347 e.